The van der Waals surface area contributed by atoms with Crippen molar-refractivity contribution in [3.05, 3.63) is 0 Å². The zero-order chi connectivity index (χ0) is 3.58. The van der Waals surface area contributed by atoms with E-state index in [9.17, 15) is 0 Å². The van der Waals surface area contributed by atoms with Gasteiger partial charge in [0, 0.05) is 0 Å². The molecule has 0 aliphatic carbocycles. The molecule has 1 nitrogen and oxygen atoms in total. The molecule has 0 saturated heterocycles. The summed E-state index contributed by atoms with van der Waals surface area (Å²) in [5.41, 5.74) is 0. The molecule has 0 radical (unpaired) electrons. The Morgan fingerprint density at radius 1 is 1.00 bits per heavy atom. The van der Waals surface area contributed by atoms with E-state index >= 15 is 0 Å². The predicted octanol–water partition coefficient (Wildman–Crippen LogP) is 0.0574. The Morgan fingerprint density at radius 2 is 1.00 bits per heavy atom. The monoisotopic (exact) mass is 243 g/mol. The summed E-state index contributed by atoms with van der Waals surface area (Å²) in [7, 11) is 15.0. The number of hydrogen-bond donors (Lipinski definition) is 0. The van der Waals surface area contributed by atoms with Crippen molar-refractivity contribution in [2.45, 2.75) is 0 Å². The molecule has 0 aliphatic heterocycles. The van der Waals surface area contributed by atoms with Gasteiger partial charge in [-0.05, 0) is 0 Å². The Labute approximate surface area is 65.7 Å². The van der Waals surface area contributed by atoms with E-state index in [-0.39, 0.29) is 22.8 Å². The van der Waals surface area contributed by atoms with Gasteiger partial charge in [0.2, 0.25) is 0 Å². The fourth-order valence-electron chi connectivity index (χ4n) is 0. The van der Waals surface area contributed by atoms with Crippen molar-refractivity contribution in [2.24, 2.45) is 0 Å². The van der Waals surface area contributed by atoms with E-state index in [0.717, 1.165) is 0 Å². The second kappa shape index (κ2) is 10.3. The van der Waals surface area contributed by atoms with E-state index in [0.29, 0.717) is 0 Å². The Bertz CT molecular complexity index is 15.5. The van der Waals surface area contributed by atoms with Crippen LogP contribution in [0.25, 0.3) is 0 Å². The molecule has 0 aromatic rings. The van der Waals surface area contributed by atoms with Gasteiger partial charge in [0.15, 0.2) is 17.4 Å². The molecule has 0 amide bonds. The van der Waals surface area contributed by atoms with Crippen LogP contribution in [0.5, 0.6) is 0 Å². The van der Waals surface area contributed by atoms with Crippen molar-refractivity contribution in [1.29, 1.82) is 0 Å². The van der Waals surface area contributed by atoms with Gasteiger partial charge < -0.3 is 5.48 Å². The first-order valence-electron chi connectivity index (χ1n) is 0.567. The fourth-order valence-corrected chi connectivity index (χ4v) is 0. The standard InChI is InChI=1S/Al.3ClH.H2O.Zr.3H/h;3*1H;1H2;;;;/q;;;;;+3;;;/p-3. The van der Waals surface area contributed by atoms with Crippen molar-refractivity contribution >= 4 is 42.9 Å². The summed E-state index contributed by atoms with van der Waals surface area (Å²) in [5.74, 6) is 0. The van der Waals surface area contributed by atoms with Crippen molar-refractivity contribution in [2.75, 3.05) is 0 Å². The van der Waals surface area contributed by atoms with Crippen molar-refractivity contribution < 1.29 is 23.6 Å². The average Bonchev–Trinajstić information content (AvgIpc) is 0.811. The molecule has 6 heteroatoms. The Morgan fingerprint density at radius 3 is 1.00 bits per heavy atom. The Balaban J connectivity index is -0.0000000450. The third kappa shape index (κ3) is 34.1. The van der Waals surface area contributed by atoms with Crippen LogP contribution in [0.4, 0.5) is 0 Å². The maximum atomic E-state index is 5.00. The third-order valence-electron chi connectivity index (χ3n) is 0. The van der Waals surface area contributed by atoms with Gasteiger partial charge in [-0.15, -0.1) is 0 Å². The molecule has 6 heavy (non-hydrogen) atoms. The quantitative estimate of drug-likeness (QED) is 0.541. The van der Waals surface area contributed by atoms with Crippen LogP contribution in [-0.2, 0) is 18.2 Å². The molecule has 39 valence electrons. The minimum absolute atomic E-state index is 0. The fraction of sp³-hybridized carbons (Fsp3) is 0. The van der Waals surface area contributed by atoms with Crippen LogP contribution < -0.4 is 0 Å². The second-order valence-electron chi connectivity index (χ2n) is 0.214. The van der Waals surface area contributed by atoms with Crippen LogP contribution in [0.3, 0.4) is 0 Å². The van der Waals surface area contributed by atoms with Crippen molar-refractivity contribution in [1.82, 2.24) is 0 Å². The molecule has 0 fully saturated rings. The van der Waals surface area contributed by atoms with Gasteiger partial charge in [0.1, 0.15) is 0 Å². The van der Waals surface area contributed by atoms with E-state index in [1.165, 1.54) is 0 Å². The van der Waals surface area contributed by atoms with Crippen LogP contribution in [0.2, 0.25) is 0 Å². The SMILES string of the molecule is O.[AlH3].[Cl][Zr]([Cl])[Cl]. The van der Waals surface area contributed by atoms with Gasteiger partial charge in [-0.2, -0.15) is 0 Å². The van der Waals surface area contributed by atoms with Gasteiger partial charge in [-0.25, -0.2) is 0 Å². The molecule has 2 N–H and O–H groups in total. The van der Waals surface area contributed by atoms with E-state index in [2.05, 4.69) is 0 Å². The molecule has 0 heterocycles. The molecule has 0 saturated carbocycles. The summed E-state index contributed by atoms with van der Waals surface area (Å²) in [6.07, 6.45) is 0. The van der Waals surface area contributed by atoms with Gasteiger partial charge >= 0.3 is 43.7 Å². The number of rotatable bonds is 0. The predicted molar refractivity (Wildman–Crippen MR) is 31.1 cm³/mol. The molecule has 0 aliphatic rings. The van der Waals surface area contributed by atoms with Crippen LogP contribution in [0.15, 0.2) is 0 Å². The molecule has 0 aromatic carbocycles. The average molecular weight is 246 g/mol. The summed E-state index contributed by atoms with van der Waals surface area (Å²) in [6.45, 7) is 0. The summed E-state index contributed by atoms with van der Waals surface area (Å²) in [4.78, 5) is 0. The van der Waals surface area contributed by atoms with Gasteiger partial charge in [-0.3, -0.25) is 0 Å². The molecule has 0 unspecified atom stereocenters. The first-order chi connectivity index (χ1) is 1.73. The van der Waals surface area contributed by atoms with E-state index < -0.39 is 18.2 Å². The third-order valence-corrected chi connectivity index (χ3v) is 0. The van der Waals surface area contributed by atoms with E-state index in [4.69, 9.17) is 25.5 Å². The molecular formula is H5AlCl3OZr. The number of hydrogen-bond acceptors (Lipinski definition) is 0. The summed E-state index contributed by atoms with van der Waals surface area (Å²) in [5, 5.41) is 0. The van der Waals surface area contributed by atoms with Crippen LogP contribution in [0.1, 0.15) is 0 Å². The van der Waals surface area contributed by atoms with Crippen LogP contribution in [-0.4, -0.2) is 22.8 Å². The van der Waals surface area contributed by atoms with E-state index in [1.54, 1.807) is 0 Å². The van der Waals surface area contributed by atoms with Gasteiger partial charge in [-0.1, -0.05) is 0 Å². The zero-order valence-corrected chi connectivity index (χ0v) is 6.86. The first-order valence-corrected chi connectivity index (χ1v) is 10.1. The Hall–Kier alpha value is 2.25. The molecule has 0 atom stereocenters. The number of halogens is 3. The summed E-state index contributed by atoms with van der Waals surface area (Å²) < 4.78 is 0. The zero-order valence-electron chi connectivity index (χ0n) is 2.13. The second-order valence-corrected chi connectivity index (χ2v) is 11.4. The minimum atomic E-state index is -2.13. The normalized spacial score (nSPS) is 4.50. The summed E-state index contributed by atoms with van der Waals surface area (Å²) >= 11 is -2.13. The Kier molecular flexibility index (Phi) is 26.9. The molecular weight excluding hydrogens is 241 g/mol. The van der Waals surface area contributed by atoms with Crippen LogP contribution in [0, 0.1) is 0 Å². The topological polar surface area (TPSA) is 31.5 Å². The summed E-state index contributed by atoms with van der Waals surface area (Å²) in [6, 6.07) is 0. The maximum absolute atomic E-state index is 5.00. The van der Waals surface area contributed by atoms with Gasteiger partial charge in [0.05, 0.1) is 0 Å². The first kappa shape index (κ1) is 15.7. The van der Waals surface area contributed by atoms with Gasteiger partial charge in [0.25, 0.3) is 0 Å². The molecule has 0 rings (SSSR count). The molecule has 0 bridgehead atoms. The molecule has 0 spiro atoms. The van der Waals surface area contributed by atoms with E-state index in [1.807, 2.05) is 0 Å². The van der Waals surface area contributed by atoms with Crippen molar-refractivity contribution in [3.8, 4) is 0 Å². The van der Waals surface area contributed by atoms with Crippen molar-refractivity contribution in [3.63, 3.8) is 0 Å². The molecule has 0 aromatic heterocycles. The van der Waals surface area contributed by atoms with Crippen LogP contribution >= 0.6 is 25.5 Å².